The van der Waals surface area contributed by atoms with Gasteiger partial charge in [0.05, 0.1) is 33.6 Å². The molecule has 0 saturated carbocycles. The molecule has 3 aromatic carbocycles. The van der Waals surface area contributed by atoms with E-state index in [2.05, 4.69) is 31.5 Å². The molecule has 9 heteroatoms. The third-order valence-electron chi connectivity index (χ3n) is 5.00. The number of carbonyl (C=O) groups is 2. The maximum atomic E-state index is 13.1. The van der Waals surface area contributed by atoms with Gasteiger partial charge < -0.3 is 14.5 Å². The van der Waals surface area contributed by atoms with E-state index in [9.17, 15) is 9.59 Å². The zero-order valence-corrected chi connectivity index (χ0v) is 19.6. The van der Waals surface area contributed by atoms with E-state index in [0.29, 0.717) is 27.6 Å². The number of rotatable bonds is 5. The number of aromatic nitrogens is 1. The number of anilines is 2. The number of benzene rings is 3. The highest BCUT2D eigenvalue weighted by atomic mass is 79.9. The lowest BCUT2D eigenvalue weighted by atomic mass is 10.1. The van der Waals surface area contributed by atoms with Gasteiger partial charge in [-0.05, 0) is 63.1 Å². The van der Waals surface area contributed by atoms with Crippen LogP contribution in [-0.4, -0.2) is 23.9 Å². The number of halogens is 1. The topological polar surface area (TPSA) is 93.5 Å². The lowest BCUT2D eigenvalue weighted by Crippen LogP contribution is -2.13. The van der Waals surface area contributed by atoms with Crippen molar-refractivity contribution in [2.24, 2.45) is 0 Å². The zero-order valence-electron chi connectivity index (χ0n) is 17.2. The van der Waals surface area contributed by atoms with Crippen molar-refractivity contribution in [3.05, 3.63) is 82.7 Å². The monoisotopic (exact) mass is 521 g/mol. The molecule has 164 valence electrons. The van der Waals surface area contributed by atoms with Crippen molar-refractivity contribution in [2.75, 3.05) is 17.7 Å². The third kappa shape index (κ3) is 4.08. The van der Waals surface area contributed by atoms with E-state index >= 15 is 0 Å². The molecule has 0 aliphatic heterocycles. The van der Waals surface area contributed by atoms with Crippen molar-refractivity contribution >= 4 is 70.9 Å². The van der Waals surface area contributed by atoms with Crippen LogP contribution in [0, 0.1) is 0 Å². The summed E-state index contributed by atoms with van der Waals surface area (Å²) >= 11 is 4.87. The molecule has 0 atom stereocenters. The molecule has 33 heavy (non-hydrogen) atoms. The molecule has 2 N–H and O–H groups in total. The molecule has 0 bridgehead atoms. The first-order chi connectivity index (χ1) is 16.0. The standard InChI is InChI=1S/C24H16BrN3O4S/c1-31-21-16(11-13-5-2-3-6-15(13)20(21)25)22(29)26-14-8-9-17-19(12-14)33-24(27-17)28-23(30)18-7-4-10-32-18/h2-12H,1H3,(H,26,29)(H,27,28,30). The van der Waals surface area contributed by atoms with E-state index in [-0.39, 0.29) is 17.6 Å². The van der Waals surface area contributed by atoms with E-state index in [1.54, 1.807) is 24.3 Å². The SMILES string of the molecule is COc1c(C(=O)Nc2ccc3nc(NC(=O)c4ccco4)sc3c2)cc2ccccc2c1Br. The Morgan fingerprint density at radius 3 is 2.67 bits per heavy atom. The fourth-order valence-electron chi connectivity index (χ4n) is 3.47. The van der Waals surface area contributed by atoms with Crippen LogP contribution >= 0.6 is 27.3 Å². The van der Waals surface area contributed by atoms with Crippen LogP contribution in [-0.2, 0) is 0 Å². The van der Waals surface area contributed by atoms with E-state index in [0.717, 1.165) is 19.9 Å². The van der Waals surface area contributed by atoms with E-state index in [1.807, 2.05) is 36.4 Å². The lowest BCUT2D eigenvalue weighted by molar-refractivity contribution is 0.0994. The number of fused-ring (bicyclic) bond motifs is 2. The molecule has 2 amide bonds. The zero-order chi connectivity index (χ0) is 22.9. The van der Waals surface area contributed by atoms with E-state index in [1.165, 1.54) is 24.7 Å². The molecule has 2 aromatic heterocycles. The first-order valence-electron chi connectivity index (χ1n) is 9.85. The molecule has 2 heterocycles. The smallest absolute Gasteiger partial charge is 0.293 e. The minimum Gasteiger partial charge on any atom is -0.495 e. The summed E-state index contributed by atoms with van der Waals surface area (Å²) in [6.45, 7) is 0. The number of furan rings is 1. The van der Waals surface area contributed by atoms with Gasteiger partial charge in [0.1, 0.15) is 5.75 Å². The minimum absolute atomic E-state index is 0.206. The Morgan fingerprint density at radius 1 is 1.03 bits per heavy atom. The molecule has 7 nitrogen and oxygen atoms in total. The van der Waals surface area contributed by atoms with Gasteiger partial charge in [-0.2, -0.15) is 0 Å². The summed E-state index contributed by atoms with van der Waals surface area (Å²) < 4.78 is 12.2. The number of carbonyl (C=O) groups excluding carboxylic acids is 2. The number of thiazole rings is 1. The normalized spacial score (nSPS) is 11.0. The fourth-order valence-corrected chi connectivity index (χ4v) is 5.11. The third-order valence-corrected chi connectivity index (χ3v) is 6.72. The molecule has 0 aliphatic carbocycles. The molecule has 0 radical (unpaired) electrons. The molecule has 0 fully saturated rings. The van der Waals surface area contributed by atoms with Crippen LogP contribution < -0.4 is 15.4 Å². The summed E-state index contributed by atoms with van der Waals surface area (Å²) in [5.41, 5.74) is 1.73. The molecule has 5 aromatic rings. The molecular weight excluding hydrogens is 506 g/mol. The summed E-state index contributed by atoms with van der Waals surface area (Å²) in [6.07, 6.45) is 1.44. The molecule has 5 rings (SSSR count). The Labute approximate surface area is 200 Å². The number of amides is 2. The number of ether oxygens (including phenoxy) is 1. The minimum atomic E-state index is -0.374. The second kappa shape index (κ2) is 8.68. The fraction of sp³-hybridized carbons (Fsp3) is 0.0417. The van der Waals surface area contributed by atoms with Gasteiger partial charge in [-0.15, -0.1) is 0 Å². The molecule has 0 aliphatic rings. The number of hydrogen-bond acceptors (Lipinski definition) is 6. The Hall–Kier alpha value is -3.69. The Kier molecular flexibility index (Phi) is 5.57. The predicted molar refractivity (Wildman–Crippen MR) is 132 cm³/mol. The van der Waals surface area contributed by atoms with Crippen molar-refractivity contribution in [3.63, 3.8) is 0 Å². The lowest BCUT2D eigenvalue weighted by Gasteiger charge is -2.13. The summed E-state index contributed by atoms with van der Waals surface area (Å²) in [6, 6.07) is 18.2. The van der Waals surface area contributed by atoms with Gasteiger partial charge in [0.15, 0.2) is 10.9 Å². The quantitative estimate of drug-likeness (QED) is 0.282. The van der Waals surface area contributed by atoms with E-state index < -0.39 is 0 Å². The second-order valence-electron chi connectivity index (χ2n) is 7.08. The van der Waals surface area contributed by atoms with Crippen LogP contribution in [0.25, 0.3) is 21.0 Å². The Balaban J connectivity index is 1.41. The molecule has 0 unspecified atom stereocenters. The average Bonchev–Trinajstić information content (AvgIpc) is 3.48. The van der Waals surface area contributed by atoms with Gasteiger partial charge in [-0.3, -0.25) is 14.9 Å². The van der Waals surface area contributed by atoms with Gasteiger partial charge >= 0.3 is 0 Å². The van der Waals surface area contributed by atoms with Crippen molar-refractivity contribution in [1.82, 2.24) is 4.98 Å². The summed E-state index contributed by atoms with van der Waals surface area (Å²) in [7, 11) is 1.54. The second-order valence-corrected chi connectivity index (χ2v) is 8.90. The number of nitrogens with one attached hydrogen (secondary N) is 2. The number of nitrogens with zero attached hydrogens (tertiary/aromatic N) is 1. The van der Waals surface area contributed by atoms with Crippen molar-refractivity contribution in [1.29, 1.82) is 0 Å². The van der Waals surface area contributed by atoms with Crippen LogP contribution in [0.2, 0.25) is 0 Å². The number of hydrogen-bond donors (Lipinski definition) is 2. The summed E-state index contributed by atoms with van der Waals surface area (Å²) in [4.78, 5) is 29.7. The van der Waals surface area contributed by atoms with Gasteiger partial charge in [-0.1, -0.05) is 35.6 Å². The first-order valence-corrected chi connectivity index (χ1v) is 11.5. The predicted octanol–water partition coefficient (Wildman–Crippen LogP) is 6.32. The maximum Gasteiger partial charge on any atom is 0.293 e. The molecular formula is C24H16BrN3O4S. The van der Waals surface area contributed by atoms with Crippen molar-refractivity contribution < 1.29 is 18.7 Å². The van der Waals surface area contributed by atoms with Gasteiger partial charge in [-0.25, -0.2) is 4.98 Å². The highest BCUT2D eigenvalue weighted by Gasteiger charge is 2.19. The van der Waals surface area contributed by atoms with Crippen LogP contribution in [0.4, 0.5) is 10.8 Å². The largest absolute Gasteiger partial charge is 0.495 e. The van der Waals surface area contributed by atoms with Gasteiger partial charge in [0, 0.05) is 5.69 Å². The van der Waals surface area contributed by atoms with E-state index in [4.69, 9.17) is 9.15 Å². The first kappa shape index (κ1) is 21.2. The Bertz CT molecular complexity index is 1510. The van der Waals surface area contributed by atoms with Crippen LogP contribution in [0.5, 0.6) is 5.75 Å². The average molecular weight is 522 g/mol. The highest BCUT2D eigenvalue weighted by Crippen LogP contribution is 2.37. The van der Waals surface area contributed by atoms with Gasteiger partial charge in [0.2, 0.25) is 0 Å². The van der Waals surface area contributed by atoms with Crippen molar-refractivity contribution in [2.45, 2.75) is 0 Å². The van der Waals surface area contributed by atoms with Crippen LogP contribution in [0.1, 0.15) is 20.9 Å². The van der Waals surface area contributed by atoms with Gasteiger partial charge in [0.25, 0.3) is 11.8 Å². The van der Waals surface area contributed by atoms with Crippen LogP contribution in [0.15, 0.2) is 75.8 Å². The highest BCUT2D eigenvalue weighted by molar-refractivity contribution is 9.10. The maximum absolute atomic E-state index is 13.1. The summed E-state index contributed by atoms with van der Waals surface area (Å²) in [5.74, 6) is 0.000710. The molecule has 0 spiro atoms. The van der Waals surface area contributed by atoms with Crippen molar-refractivity contribution in [3.8, 4) is 5.75 Å². The molecule has 0 saturated heterocycles. The summed E-state index contributed by atoms with van der Waals surface area (Å²) in [5, 5.41) is 7.97. The Morgan fingerprint density at radius 2 is 1.88 bits per heavy atom. The number of methoxy groups -OCH3 is 1. The van der Waals surface area contributed by atoms with Crippen LogP contribution in [0.3, 0.4) is 0 Å².